The lowest BCUT2D eigenvalue weighted by Gasteiger charge is -2.30. The van der Waals surface area contributed by atoms with Crippen molar-refractivity contribution in [3.63, 3.8) is 0 Å². The zero-order valence-corrected chi connectivity index (χ0v) is 12.8. The predicted molar refractivity (Wildman–Crippen MR) is 84.7 cm³/mol. The zero-order valence-electron chi connectivity index (χ0n) is 12.8. The van der Waals surface area contributed by atoms with Crippen LogP contribution in [0.1, 0.15) is 37.8 Å². The molecule has 2 fully saturated rings. The van der Waals surface area contributed by atoms with Gasteiger partial charge in [-0.05, 0) is 43.9 Å². The molecule has 1 aliphatic heterocycles. The topological polar surface area (TPSA) is 44.7 Å². The molecule has 1 aliphatic carbocycles. The Kier molecular flexibility index (Phi) is 4.78. The Morgan fingerprint density at radius 1 is 1.29 bits per heavy atom. The van der Waals surface area contributed by atoms with Crippen molar-refractivity contribution < 1.29 is 9.84 Å². The summed E-state index contributed by atoms with van der Waals surface area (Å²) in [6, 6.07) is 9.25. The van der Waals surface area contributed by atoms with E-state index in [-0.39, 0.29) is 18.2 Å². The molecule has 1 heterocycles. The number of morpholine rings is 1. The Hall–Kier alpha value is -1.10. The van der Waals surface area contributed by atoms with Crippen molar-refractivity contribution in [2.45, 2.75) is 44.4 Å². The molecule has 1 aromatic carbocycles. The number of hydrogen-bond acceptors (Lipinski definition) is 4. The first kappa shape index (κ1) is 14.8. The summed E-state index contributed by atoms with van der Waals surface area (Å²) < 4.78 is 5.42. The molecular weight excluding hydrogens is 264 g/mol. The third-order valence-corrected chi connectivity index (χ3v) is 4.69. The molecule has 3 atom stereocenters. The first-order valence-corrected chi connectivity index (χ1v) is 8.11. The van der Waals surface area contributed by atoms with Gasteiger partial charge in [0.2, 0.25) is 0 Å². The summed E-state index contributed by atoms with van der Waals surface area (Å²) in [5.41, 5.74) is 2.56. The van der Waals surface area contributed by atoms with Crippen LogP contribution in [0.2, 0.25) is 0 Å². The minimum absolute atomic E-state index is 0.185. The summed E-state index contributed by atoms with van der Waals surface area (Å²) in [4.78, 5) is 2.38. The van der Waals surface area contributed by atoms with E-state index in [0.717, 1.165) is 45.6 Å². The summed E-state index contributed by atoms with van der Waals surface area (Å²) in [5.74, 6) is 0. The number of anilines is 1. The third kappa shape index (κ3) is 3.57. The Morgan fingerprint density at radius 3 is 2.81 bits per heavy atom. The van der Waals surface area contributed by atoms with Gasteiger partial charge in [0.25, 0.3) is 0 Å². The molecule has 4 heteroatoms. The number of benzene rings is 1. The lowest BCUT2D eigenvalue weighted by molar-refractivity contribution is 0.122. The molecule has 0 radical (unpaired) electrons. The number of ether oxygens (including phenoxy) is 1. The molecule has 0 aromatic heterocycles. The number of nitrogens with one attached hydrogen (secondary N) is 1. The van der Waals surface area contributed by atoms with Gasteiger partial charge >= 0.3 is 0 Å². The van der Waals surface area contributed by atoms with E-state index in [4.69, 9.17) is 4.74 Å². The minimum Gasteiger partial charge on any atom is -0.392 e. The van der Waals surface area contributed by atoms with Gasteiger partial charge in [-0.3, -0.25) is 0 Å². The first-order valence-electron chi connectivity index (χ1n) is 8.11. The monoisotopic (exact) mass is 290 g/mol. The highest BCUT2D eigenvalue weighted by molar-refractivity contribution is 5.49. The van der Waals surface area contributed by atoms with Crippen LogP contribution in [-0.2, 0) is 4.74 Å². The molecular formula is C17H26N2O2. The Morgan fingerprint density at radius 2 is 2.10 bits per heavy atom. The van der Waals surface area contributed by atoms with Gasteiger partial charge in [-0.2, -0.15) is 0 Å². The SMILES string of the molecule is CC(N[C@@H]1CCC[C@H]1O)c1cccc(N2CCOCC2)c1. The molecule has 3 rings (SSSR count). The number of aliphatic hydroxyl groups excluding tert-OH is 1. The van der Waals surface area contributed by atoms with Gasteiger partial charge in [0.1, 0.15) is 0 Å². The van der Waals surface area contributed by atoms with E-state index < -0.39 is 0 Å². The number of rotatable bonds is 4. The van der Waals surface area contributed by atoms with Gasteiger partial charge < -0.3 is 20.1 Å². The van der Waals surface area contributed by atoms with Gasteiger partial charge in [0.15, 0.2) is 0 Å². The van der Waals surface area contributed by atoms with Crippen molar-refractivity contribution in [1.82, 2.24) is 5.32 Å². The van der Waals surface area contributed by atoms with Gasteiger partial charge in [-0.15, -0.1) is 0 Å². The van der Waals surface area contributed by atoms with Crippen LogP contribution in [0, 0.1) is 0 Å². The maximum absolute atomic E-state index is 9.96. The largest absolute Gasteiger partial charge is 0.392 e. The van der Waals surface area contributed by atoms with Crippen LogP contribution in [0.15, 0.2) is 24.3 Å². The minimum atomic E-state index is -0.185. The maximum Gasteiger partial charge on any atom is 0.0693 e. The lowest BCUT2D eigenvalue weighted by Crippen LogP contribution is -2.38. The normalized spacial score (nSPS) is 27.8. The average molecular weight is 290 g/mol. The number of aliphatic hydroxyl groups is 1. The van der Waals surface area contributed by atoms with E-state index in [1.807, 2.05) is 0 Å². The van der Waals surface area contributed by atoms with Crippen molar-refractivity contribution in [2.24, 2.45) is 0 Å². The van der Waals surface area contributed by atoms with Crippen molar-refractivity contribution in [2.75, 3.05) is 31.2 Å². The second-order valence-electron chi connectivity index (χ2n) is 6.19. The van der Waals surface area contributed by atoms with Gasteiger partial charge in [0, 0.05) is 30.9 Å². The molecule has 4 nitrogen and oxygen atoms in total. The second kappa shape index (κ2) is 6.77. The summed E-state index contributed by atoms with van der Waals surface area (Å²) in [6.07, 6.45) is 2.95. The zero-order chi connectivity index (χ0) is 14.7. The van der Waals surface area contributed by atoms with Crippen LogP contribution in [-0.4, -0.2) is 43.6 Å². The van der Waals surface area contributed by atoms with E-state index in [0.29, 0.717) is 0 Å². The van der Waals surface area contributed by atoms with Crippen molar-refractivity contribution in [1.29, 1.82) is 0 Å². The highest BCUT2D eigenvalue weighted by atomic mass is 16.5. The van der Waals surface area contributed by atoms with Crippen LogP contribution in [0.5, 0.6) is 0 Å². The lowest BCUT2D eigenvalue weighted by atomic mass is 10.0. The molecule has 0 amide bonds. The molecule has 0 spiro atoms. The fourth-order valence-corrected chi connectivity index (χ4v) is 3.36. The maximum atomic E-state index is 9.96. The van der Waals surface area contributed by atoms with Crippen LogP contribution in [0.4, 0.5) is 5.69 Å². The van der Waals surface area contributed by atoms with Crippen LogP contribution >= 0.6 is 0 Å². The van der Waals surface area contributed by atoms with Gasteiger partial charge in [-0.25, -0.2) is 0 Å². The fourth-order valence-electron chi connectivity index (χ4n) is 3.36. The highest BCUT2D eigenvalue weighted by Gasteiger charge is 2.26. The molecule has 0 bridgehead atoms. The summed E-state index contributed by atoms with van der Waals surface area (Å²) in [7, 11) is 0. The smallest absolute Gasteiger partial charge is 0.0693 e. The molecule has 21 heavy (non-hydrogen) atoms. The first-order chi connectivity index (χ1) is 10.2. The molecule has 2 N–H and O–H groups in total. The van der Waals surface area contributed by atoms with Gasteiger partial charge in [0.05, 0.1) is 19.3 Å². The summed E-state index contributed by atoms with van der Waals surface area (Å²) in [6.45, 7) is 5.74. The highest BCUT2D eigenvalue weighted by Crippen LogP contribution is 2.25. The van der Waals surface area contributed by atoms with Crippen LogP contribution < -0.4 is 10.2 Å². The Bertz CT molecular complexity index is 460. The number of nitrogens with zero attached hydrogens (tertiary/aromatic N) is 1. The van der Waals surface area contributed by atoms with E-state index in [9.17, 15) is 5.11 Å². The van der Waals surface area contributed by atoms with E-state index >= 15 is 0 Å². The third-order valence-electron chi connectivity index (χ3n) is 4.69. The second-order valence-corrected chi connectivity index (χ2v) is 6.19. The van der Waals surface area contributed by atoms with Crippen molar-refractivity contribution >= 4 is 5.69 Å². The van der Waals surface area contributed by atoms with E-state index in [1.165, 1.54) is 11.3 Å². The Labute approximate surface area is 127 Å². The summed E-state index contributed by atoms with van der Waals surface area (Å²) in [5, 5.41) is 13.5. The molecule has 1 saturated carbocycles. The summed E-state index contributed by atoms with van der Waals surface area (Å²) >= 11 is 0. The molecule has 2 aliphatic rings. The molecule has 1 unspecified atom stereocenters. The van der Waals surface area contributed by atoms with Crippen molar-refractivity contribution in [3.8, 4) is 0 Å². The molecule has 1 aromatic rings. The molecule has 1 saturated heterocycles. The van der Waals surface area contributed by atoms with E-state index in [2.05, 4.69) is 41.4 Å². The van der Waals surface area contributed by atoms with Crippen LogP contribution in [0.3, 0.4) is 0 Å². The predicted octanol–water partition coefficient (Wildman–Crippen LogP) is 2.09. The van der Waals surface area contributed by atoms with Crippen molar-refractivity contribution in [3.05, 3.63) is 29.8 Å². The average Bonchev–Trinajstić information content (AvgIpc) is 2.93. The Balaban J connectivity index is 1.66. The number of hydrogen-bond donors (Lipinski definition) is 2. The fraction of sp³-hybridized carbons (Fsp3) is 0.647. The van der Waals surface area contributed by atoms with Gasteiger partial charge in [-0.1, -0.05) is 12.1 Å². The standard InChI is InChI=1S/C17H26N2O2/c1-13(18-16-6-3-7-17(16)20)14-4-2-5-15(12-14)19-8-10-21-11-9-19/h2,4-5,12-13,16-18,20H,3,6-11H2,1H3/t13?,16-,17-/m1/s1. The van der Waals surface area contributed by atoms with E-state index in [1.54, 1.807) is 0 Å². The molecule has 116 valence electrons. The van der Waals surface area contributed by atoms with Crippen LogP contribution in [0.25, 0.3) is 0 Å². The quantitative estimate of drug-likeness (QED) is 0.891.